The molecular formula is C14H16Na3O9P. The van der Waals surface area contributed by atoms with Gasteiger partial charge >= 0.3 is 94.6 Å². The molecule has 0 saturated carbocycles. The molecule has 2 rings (SSSR count). The first kappa shape index (κ1) is 32.6. The van der Waals surface area contributed by atoms with Crippen molar-refractivity contribution in [3.8, 4) is 11.5 Å². The molecule has 0 fully saturated rings. The second-order valence-electron chi connectivity index (χ2n) is 5.55. The molecule has 27 heavy (non-hydrogen) atoms. The summed E-state index contributed by atoms with van der Waals surface area (Å²) in [6, 6.07) is 3.24. The number of carbonyl (C=O) groups is 2. The van der Waals surface area contributed by atoms with Gasteiger partial charge in [0.1, 0.15) is 22.7 Å². The van der Waals surface area contributed by atoms with Crippen LogP contribution in [-0.4, -0.2) is 29.5 Å². The van der Waals surface area contributed by atoms with Gasteiger partial charge in [0.2, 0.25) is 0 Å². The van der Waals surface area contributed by atoms with Crippen LogP contribution in [0.25, 0.3) is 0 Å². The minimum atomic E-state index is -5.43. The van der Waals surface area contributed by atoms with Crippen molar-refractivity contribution in [3.05, 3.63) is 23.3 Å². The first-order valence-corrected chi connectivity index (χ1v) is 8.29. The minimum Gasteiger partial charge on any atom is -0.807 e. The fourth-order valence-electron chi connectivity index (χ4n) is 2.12. The largest absolute Gasteiger partial charge is 1.00 e. The number of aromatic carboxylic acids is 1. The summed E-state index contributed by atoms with van der Waals surface area (Å²) in [6.45, 7) is 4.04. The van der Waals surface area contributed by atoms with Gasteiger partial charge in [-0.05, 0) is 46.4 Å². The molecule has 1 N–H and O–H groups in total. The van der Waals surface area contributed by atoms with Gasteiger partial charge in [-0.2, -0.15) is 0 Å². The third-order valence-electron chi connectivity index (χ3n) is 3.24. The van der Waals surface area contributed by atoms with Crippen LogP contribution >= 0.6 is 7.60 Å². The van der Waals surface area contributed by atoms with Crippen molar-refractivity contribution in [2.75, 3.05) is 7.11 Å². The average Bonchev–Trinajstić information content (AvgIpc) is 2.44. The predicted octanol–water partition coefficient (Wildman–Crippen LogP) is -9.25. The Kier molecular flexibility index (Phi) is 16.0. The smallest absolute Gasteiger partial charge is 0.807 e. The third kappa shape index (κ3) is 9.98. The van der Waals surface area contributed by atoms with E-state index in [2.05, 4.69) is 0 Å². The zero-order chi connectivity index (χ0) is 18.7. The minimum absolute atomic E-state index is 0. The monoisotopic (exact) mass is 428 g/mol. The standard InChI is InChI=1S/C13H16O4.CH3O5P.3Na/c1-13(2)7-6-8-10(17-13)5-4-9(12(14)15)11(8)16-3;2-1(3)7(4,5)6;;;/h4-5H,6-7H2,1-3H3,(H,14,15);(H,2,3)(H2,4,5,6);;;/q;;3*+1/p-3. The summed E-state index contributed by atoms with van der Waals surface area (Å²) >= 11 is 0. The Labute approximate surface area is 223 Å². The van der Waals surface area contributed by atoms with E-state index in [1.165, 1.54) is 13.2 Å². The van der Waals surface area contributed by atoms with E-state index in [-0.39, 0.29) is 99.8 Å². The number of fused-ring (bicyclic) bond motifs is 1. The van der Waals surface area contributed by atoms with Crippen molar-refractivity contribution in [2.24, 2.45) is 0 Å². The van der Waals surface area contributed by atoms with Gasteiger partial charge in [-0.3, -0.25) is 0 Å². The van der Waals surface area contributed by atoms with Gasteiger partial charge in [-0.15, -0.1) is 0 Å². The normalized spacial score (nSPS) is 13.5. The van der Waals surface area contributed by atoms with Gasteiger partial charge in [0.15, 0.2) is 0 Å². The molecule has 1 aliphatic heterocycles. The Morgan fingerprint density at radius 3 is 2.07 bits per heavy atom. The van der Waals surface area contributed by atoms with Crippen LogP contribution in [0.2, 0.25) is 0 Å². The van der Waals surface area contributed by atoms with E-state index in [0.717, 1.165) is 24.2 Å². The summed E-state index contributed by atoms with van der Waals surface area (Å²) < 4.78 is 20.2. The van der Waals surface area contributed by atoms with Crippen molar-refractivity contribution < 1.29 is 132 Å². The molecule has 1 aromatic rings. The summed E-state index contributed by atoms with van der Waals surface area (Å²) in [6.07, 6.45) is 1.62. The SMILES string of the molecule is COc1c(C(=O)O)ccc2c1CCC(C)(C)O2.O=C([O-])P(=O)([O-])[O-].[Na+].[Na+].[Na+]. The molecule has 0 unspecified atom stereocenters. The Balaban J connectivity index is -0.000000504. The second kappa shape index (κ2) is 13.3. The molecule has 9 nitrogen and oxygen atoms in total. The molecule has 1 aliphatic rings. The van der Waals surface area contributed by atoms with Crippen molar-refractivity contribution >= 4 is 19.3 Å². The Morgan fingerprint density at radius 2 is 1.70 bits per heavy atom. The van der Waals surface area contributed by atoms with Crippen LogP contribution < -0.4 is 113 Å². The van der Waals surface area contributed by atoms with Crippen LogP contribution in [0, 0.1) is 0 Å². The first-order chi connectivity index (χ1) is 10.9. The van der Waals surface area contributed by atoms with Gasteiger partial charge in [-0.1, -0.05) is 0 Å². The molecule has 1 heterocycles. The van der Waals surface area contributed by atoms with Crippen LogP contribution in [-0.2, 0) is 11.0 Å². The van der Waals surface area contributed by atoms with E-state index >= 15 is 0 Å². The van der Waals surface area contributed by atoms with Crippen molar-refractivity contribution in [1.29, 1.82) is 0 Å². The number of benzene rings is 1. The Morgan fingerprint density at radius 1 is 1.22 bits per heavy atom. The van der Waals surface area contributed by atoms with E-state index in [1.807, 2.05) is 13.8 Å². The van der Waals surface area contributed by atoms with Crippen LogP contribution in [0.5, 0.6) is 11.5 Å². The van der Waals surface area contributed by atoms with E-state index in [9.17, 15) is 4.79 Å². The topological polar surface area (TPSA) is 159 Å². The molecule has 0 amide bonds. The van der Waals surface area contributed by atoms with Crippen molar-refractivity contribution in [3.63, 3.8) is 0 Å². The number of hydrogen-bond donors (Lipinski definition) is 1. The number of ether oxygens (including phenoxy) is 2. The third-order valence-corrected chi connectivity index (χ3v) is 3.69. The molecule has 134 valence electrons. The van der Waals surface area contributed by atoms with Gasteiger partial charge < -0.3 is 38.8 Å². The van der Waals surface area contributed by atoms with Gasteiger partial charge in [0.25, 0.3) is 0 Å². The number of rotatable bonds is 3. The van der Waals surface area contributed by atoms with Crippen LogP contribution in [0.3, 0.4) is 0 Å². The molecule has 0 bridgehead atoms. The molecule has 0 spiro atoms. The number of carbonyl (C=O) groups excluding carboxylic acids is 1. The van der Waals surface area contributed by atoms with Crippen LogP contribution in [0.1, 0.15) is 36.2 Å². The van der Waals surface area contributed by atoms with E-state index in [1.54, 1.807) is 6.07 Å². The first-order valence-electron chi connectivity index (χ1n) is 6.75. The summed E-state index contributed by atoms with van der Waals surface area (Å²) in [5, 5.41) is 18.1. The number of carboxylic acids is 1. The Bertz CT molecular complexity index is 703. The average molecular weight is 428 g/mol. The van der Waals surface area contributed by atoms with Crippen molar-refractivity contribution in [2.45, 2.75) is 32.3 Å². The maximum absolute atomic E-state index is 11.1. The summed E-state index contributed by atoms with van der Waals surface area (Å²) in [5.41, 5.74) is -1.73. The summed E-state index contributed by atoms with van der Waals surface area (Å²) in [7, 11) is -3.94. The van der Waals surface area contributed by atoms with Crippen molar-refractivity contribution in [1.82, 2.24) is 0 Å². The molecular weight excluding hydrogens is 412 g/mol. The molecule has 1 aromatic carbocycles. The molecule has 0 aliphatic carbocycles. The van der Waals surface area contributed by atoms with E-state index < -0.39 is 19.3 Å². The zero-order valence-corrected chi connectivity index (χ0v) is 23.1. The zero-order valence-electron chi connectivity index (χ0n) is 16.2. The maximum atomic E-state index is 11.1. The molecule has 0 aromatic heterocycles. The molecule has 13 heteroatoms. The van der Waals surface area contributed by atoms with Crippen LogP contribution in [0.4, 0.5) is 4.79 Å². The summed E-state index contributed by atoms with van der Waals surface area (Å²) in [5.74, 6) is 0.170. The van der Waals surface area contributed by atoms with E-state index in [0.29, 0.717) is 5.75 Å². The second-order valence-corrected chi connectivity index (χ2v) is 6.91. The van der Waals surface area contributed by atoms with Gasteiger partial charge in [-0.25, -0.2) is 4.79 Å². The number of hydrogen-bond acceptors (Lipinski definition) is 8. The van der Waals surface area contributed by atoms with Crippen LogP contribution in [0.15, 0.2) is 12.1 Å². The Hall–Kier alpha value is 0.910. The predicted molar refractivity (Wildman–Crippen MR) is 76.0 cm³/mol. The molecule has 0 saturated heterocycles. The molecule has 0 atom stereocenters. The molecule has 0 radical (unpaired) electrons. The number of methoxy groups -OCH3 is 1. The quantitative estimate of drug-likeness (QED) is 0.364. The summed E-state index contributed by atoms with van der Waals surface area (Å²) in [4.78, 5) is 38.4. The van der Waals surface area contributed by atoms with Gasteiger partial charge in [0, 0.05) is 5.56 Å². The number of carboxylic acid groups (broad SMARTS) is 2. The fraction of sp³-hybridized carbons (Fsp3) is 0.429. The fourth-order valence-corrected chi connectivity index (χ4v) is 2.12. The van der Waals surface area contributed by atoms with Gasteiger partial charge in [0.05, 0.1) is 12.8 Å². The maximum Gasteiger partial charge on any atom is 1.00 e. The van der Waals surface area contributed by atoms with E-state index in [4.69, 9.17) is 38.8 Å².